The Morgan fingerprint density at radius 1 is 1.00 bits per heavy atom. The summed E-state index contributed by atoms with van der Waals surface area (Å²) in [6.45, 7) is 0. The van der Waals surface area contributed by atoms with Gasteiger partial charge in [-0.05, 0) is 24.3 Å². The van der Waals surface area contributed by atoms with Crippen LogP contribution in [0.15, 0.2) is 48.7 Å². The van der Waals surface area contributed by atoms with Gasteiger partial charge in [0.1, 0.15) is 5.69 Å². The van der Waals surface area contributed by atoms with Gasteiger partial charge in [0.25, 0.3) is 0 Å². The molecule has 1 aromatic carbocycles. The topological polar surface area (TPSA) is 30.0 Å². The number of hydrogen-bond acceptors (Lipinski definition) is 2. The summed E-state index contributed by atoms with van der Waals surface area (Å²) in [5.41, 5.74) is -0.390. The average molecular weight is 251 g/mol. The zero-order valence-corrected chi connectivity index (χ0v) is 9.11. The summed E-state index contributed by atoms with van der Waals surface area (Å²) in [4.78, 5) is 15.7. The predicted octanol–water partition coefficient (Wildman–Crippen LogP) is 3.33. The van der Waals surface area contributed by atoms with Gasteiger partial charge in [0.2, 0.25) is 5.78 Å². The molecule has 2 aromatic rings. The maximum Gasteiger partial charge on any atom is 0.416 e. The number of alkyl halides is 3. The lowest BCUT2D eigenvalue weighted by atomic mass is 10.1. The number of pyridine rings is 1. The Labute approximate surface area is 101 Å². The van der Waals surface area contributed by atoms with Crippen molar-refractivity contribution in [3.05, 3.63) is 65.5 Å². The number of carbonyl (C=O) groups excluding carboxylic acids is 1. The molecule has 2 nitrogen and oxygen atoms in total. The summed E-state index contributed by atoms with van der Waals surface area (Å²) in [7, 11) is 0. The molecular formula is C13H8F3NO. The highest BCUT2D eigenvalue weighted by atomic mass is 19.4. The molecule has 0 aliphatic rings. The summed E-state index contributed by atoms with van der Waals surface area (Å²) >= 11 is 0. The van der Waals surface area contributed by atoms with Crippen LogP contribution in [-0.2, 0) is 6.18 Å². The van der Waals surface area contributed by atoms with Crippen LogP contribution >= 0.6 is 0 Å². The molecule has 0 unspecified atom stereocenters. The van der Waals surface area contributed by atoms with Gasteiger partial charge >= 0.3 is 6.18 Å². The molecule has 1 aromatic heterocycles. The van der Waals surface area contributed by atoms with Crippen molar-refractivity contribution in [3.63, 3.8) is 0 Å². The average Bonchev–Trinajstić information content (AvgIpc) is 2.38. The Morgan fingerprint density at radius 3 is 2.17 bits per heavy atom. The van der Waals surface area contributed by atoms with Crippen molar-refractivity contribution in [3.8, 4) is 0 Å². The Kier molecular flexibility index (Phi) is 3.14. The summed E-state index contributed by atoms with van der Waals surface area (Å²) in [6.07, 6.45) is -2.94. The van der Waals surface area contributed by atoms with E-state index in [2.05, 4.69) is 4.98 Å². The zero-order valence-electron chi connectivity index (χ0n) is 9.11. The summed E-state index contributed by atoms with van der Waals surface area (Å²) in [5.74, 6) is -0.399. The molecule has 18 heavy (non-hydrogen) atoms. The minimum absolute atomic E-state index is 0.182. The van der Waals surface area contributed by atoms with E-state index in [0.29, 0.717) is 0 Å². The van der Waals surface area contributed by atoms with Crippen molar-refractivity contribution < 1.29 is 18.0 Å². The van der Waals surface area contributed by atoms with Crippen LogP contribution in [0.2, 0.25) is 0 Å². The number of halogens is 3. The van der Waals surface area contributed by atoms with Crippen LogP contribution in [0.5, 0.6) is 0 Å². The molecule has 0 bridgehead atoms. The van der Waals surface area contributed by atoms with E-state index in [9.17, 15) is 18.0 Å². The van der Waals surface area contributed by atoms with Crippen LogP contribution in [-0.4, -0.2) is 10.8 Å². The number of hydrogen-bond donors (Lipinski definition) is 0. The fourth-order valence-electron chi connectivity index (χ4n) is 1.46. The Morgan fingerprint density at radius 2 is 1.67 bits per heavy atom. The monoisotopic (exact) mass is 251 g/mol. The van der Waals surface area contributed by atoms with Gasteiger partial charge in [-0.2, -0.15) is 13.2 Å². The third kappa shape index (κ3) is 2.56. The summed E-state index contributed by atoms with van der Waals surface area (Å²) < 4.78 is 37.0. The number of nitrogens with zero attached hydrogens (tertiary/aromatic N) is 1. The van der Waals surface area contributed by atoms with Crippen LogP contribution < -0.4 is 0 Å². The maximum atomic E-state index is 12.3. The first kappa shape index (κ1) is 12.3. The summed E-state index contributed by atoms with van der Waals surface area (Å²) in [6, 6.07) is 8.89. The second-order valence-corrected chi connectivity index (χ2v) is 3.62. The van der Waals surface area contributed by atoms with E-state index in [-0.39, 0.29) is 11.3 Å². The molecule has 0 atom stereocenters. The molecular weight excluding hydrogens is 243 g/mol. The molecule has 5 heteroatoms. The molecule has 0 saturated heterocycles. The molecule has 0 saturated carbocycles. The number of ketones is 1. The Balaban J connectivity index is 2.28. The lowest BCUT2D eigenvalue weighted by Gasteiger charge is -2.06. The highest BCUT2D eigenvalue weighted by Gasteiger charge is 2.30. The number of rotatable bonds is 2. The van der Waals surface area contributed by atoms with Crippen molar-refractivity contribution in [2.24, 2.45) is 0 Å². The molecule has 0 radical (unpaired) electrons. The lowest BCUT2D eigenvalue weighted by Crippen LogP contribution is -2.07. The predicted molar refractivity (Wildman–Crippen MR) is 59.1 cm³/mol. The first-order chi connectivity index (χ1) is 8.48. The van der Waals surface area contributed by atoms with Gasteiger partial charge < -0.3 is 0 Å². The van der Waals surface area contributed by atoms with Crippen molar-refractivity contribution >= 4 is 5.78 Å². The SMILES string of the molecule is O=C(c1ccc(C(F)(F)F)cc1)c1ccccn1. The van der Waals surface area contributed by atoms with Gasteiger partial charge in [-0.3, -0.25) is 9.78 Å². The standard InChI is InChI=1S/C13H8F3NO/c14-13(15,16)10-6-4-9(5-7-10)12(18)11-3-1-2-8-17-11/h1-8H. The van der Waals surface area contributed by atoms with Crippen molar-refractivity contribution in [2.45, 2.75) is 6.18 Å². The second kappa shape index (κ2) is 4.60. The highest BCUT2D eigenvalue weighted by molar-refractivity contribution is 6.07. The van der Waals surface area contributed by atoms with E-state index < -0.39 is 17.5 Å². The van der Waals surface area contributed by atoms with Crippen LogP contribution in [0, 0.1) is 0 Å². The highest BCUT2D eigenvalue weighted by Crippen LogP contribution is 2.29. The first-order valence-corrected chi connectivity index (χ1v) is 5.11. The second-order valence-electron chi connectivity index (χ2n) is 3.62. The quantitative estimate of drug-likeness (QED) is 0.766. The molecule has 0 spiro atoms. The molecule has 1 heterocycles. The van der Waals surface area contributed by atoms with Crippen molar-refractivity contribution in [2.75, 3.05) is 0 Å². The Hall–Kier alpha value is -2.17. The third-order valence-electron chi connectivity index (χ3n) is 2.37. The maximum absolute atomic E-state index is 12.3. The number of benzene rings is 1. The molecule has 2 rings (SSSR count). The molecule has 92 valence electrons. The smallest absolute Gasteiger partial charge is 0.287 e. The normalized spacial score (nSPS) is 11.3. The van der Waals surface area contributed by atoms with E-state index in [4.69, 9.17) is 0 Å². The van der Waals surface area contributed by atoms with Crippen LogP contribution in [0.4, 0.5) is 13.2 Å². The van der Waals surface area contributed by atoms with E-state index in [1.54, 1.807) is 12.1 Å². The molecule has 0 amide bonds. The molecule has 0 N–H and O–H groups in total. The fraction of sp³-hybridized carbons (Fsp3) is 0.0769. The van der Waals surface area contributed by atoms with E-state index >= 15 is 0 Å². The van der Waals surface area contributed by atoms with Crippen LogP contribution in [0.1, 0.15) is 21.6 Å². The fourth-order valence-corrected chi connectivity index (χ4v) is 1.46. The van der Waals surface area contributed by atoms with Gasteiger partial charge in [-0.1, -0.05) is 18.2 Å². The lowest BCUT2D eigenvalue weighted by molar-refractivity contribution is -0.137. The molecule has 0 aliphatic heterocycles. The molecule has 0 aliphatic carbocycles. The number of carbonyl (C=O) groups is 1. The van der Waals surface area contributed by atoms with Crippen molar-refractivity contribution in [1.29, 1.82) is 0 Å². The number of aromatic nitrogens is 1. The van der Waals surface area contributed by atoms with Crippen LogP contribution in [0.3, 0.4) is 0 Å². The van der Waals surface area contributed by atoms with Gasteiger partial charge in [0, 0.05) is 11.8 Å². The molecule has 0 fully saturated rings. The van der Waals surface area contributed by atoms with Crippen molar-refractivity contribution in [1.82, 2.24) is 4.98 Å². The first-order valence-electron chi connectivity index (χ1n) is 5.11. The third-order valence-corrected chi connectivity index (χ3v) is 2.37. The van der Waals surface area contributed by atoms with Gasteiger partial charge in [0.05, 0.1) is 5.56 Å². The van der Waals surface area contributed by atoms with E-state index in [1.807, 2.05) is 0 Å². The minimum atomic E-state index is -4.40. The van der Waals surface area contributed by atoms with Gasteiger partial charge in [0.15, 0.2) is 0 Å². The summed E-state index contributed by atoms with van der Waals surface area (Å²) in [5, 5.41) is 0. The zero-order chi connectivity index (χ0) is 13.2. The van der Waals surface area contributed by atoms with E-state index in [1.165, 1.54) is 12.3 Å². The largest absolute Gasteiger partial charge is 0.416 e. The van der Waals surface area contributed by atoms with Gasteiger partial charge in [-0.25, -0.2) is 0 Å². The Bertz CT molecular complexity index is 547. The van der Waals surface area contributed by atoms with Crippen LogP contribution in [0.25, 0.3) is 0 Å². The minimum Gasteiger partial charge on any atom is -0.287 e. The van der Waals surface area contributed by atoms with Gasteiger partial charge in [-0.15, -0.1) is 0 Å². The van der Waals surface area contributed by atoms with E-state index in [0.717, 1.165) is 24.3 Å².